The van der Waals surface area contributed by atoms with Crippen LogP contribution in [0.15, 0.2) is 29.2 Å². The first kappa shape index (κ1) is 16.6. The highest BCUT2D eigenvalue weighted by molar-refractivity contribution is 8.00. The van der Waals surface area contributed by atoms with Gasteiger partial charge in [0.25, 0.3) is 0 Å². The number of benzene rings is 1. The highest BCUT2D eigenvalue weighted by Crippen LogP contribution is 2.21. The van der Waals surface area contributed by atoms with Crippen LogP contribution in [-0.4, -0.2) is 28.8 Å². The van der Waals surface area contributed by atoms with Gasteiger partial charge in [-0.05, 0) is 25.0 Å². The van der Waals surface area contributed by atoms with Gasteiger partial charge in [-0.2, -0.15) is 0 Å². The molecule has 1 rings (SSSR count). The summed E-state index contributed by atoms with van der Waals surface area (Å²) in [6.45, 7) is 3.98. The van der Waals surface area contributed by atoms with Crippen LogP contribution in [-0.2, 0) is 9.59 Å². The van der Waals surface area contributed by atoms with Gasteiger partial charge in [-0.25, -0.2) is 4.79 Å². The van der Waals surface area contributed by atoms with Crippen LogP contribution in [0.2, 0.25) is 0 Å². The number of unbranched alkanes of at least 4 members (excludes halogenated alkanes) is 1. The topological polar surface area (TPSA) is 66.4 Å². The minimum atomic E-state index is -0.965. The summed E-state index contributed by atoms with van der Waals surface area (Å²) in [6.07, 6.45) is 2.19. The molecule has 0 heterocycles. The number of carbonyl (C=O) groups is 2. The lowest BCUT2D eigenvalue weighted by Crippen LogP contribution is -2.41. The van der Waals surface area contributed by atoms with Gasteiger partial charge < -0.3 is 10.4 Å². The summed E-state index contributed by atoms with van der Waals surface area (Å²) in [5.41, 5.74) is 1.12. The van der Waals surface area contributed by atoms with Gasteiger partial charge in [-0.3, -0.25) is 4.79 Å². The summed E-state index contributed by atoms with van der Waals surface area (Å²) in [5, 5.41) is 11.6. The molecule has 0 spiro atoms. The fourth-order valence-electron chi connectivity index (χ4n) is 1.76. The van der Waals surface area contributed by atoms with Crippen LogP contribution in [0, 0.1) is 6.92 Å². The summed E-state index contributed by atoms with van der Waals surface area (Å²) in [4.78, 5) is 23.9. The number of nitrogens with one attached hydrogen (secondary N) is 1. The molecule has 20 heavy (non-hydrogen) atoms. The lowest BCUT2D eigenvalue weighted by Gasteiger charge is -2.14. The Bertz CT molecular complexity index is 462. The summed E-state index contributed by atoms with van der Waals surface area (Å²) in [6, 6.07) is 7.04. The number of amides is 1. The molecular formula is C15H21NO3S. The van der Waals surface area contributed by atoms with Gasteiger partial charge in [0.05, 0.1) is 5.75 Å². The van der Waals surface area contributed by atoms with Gasteiger partial charge in [0.15, 0.2) is 0 Å². The fourth-order valence-corrected chi connectivity index (χ4v) is 2.60. The van der Waals surface area contributed by atoms with Crippen molar-refractivity contribution in [2.45, 2.75) is 44.0 Å². The van der Waals surface area contributed by atoms with Crippen molar-refractivity contribution >= 4 is 23.6 Å². The summed E-state index contributed by atoms with van der Waals surface area (Å²) >= 11 is 1.43. The highest BCUT2D eigenvalue weighted by Gasteiger charge is 2.19. The van der Waals surface area contributed by atoms with E-state index in [4.69, 9.17) is 5.11 Å². The average molecular weight is 295 g/mol. The van der Waals surface area contributed by atoms with Crippen molar-refractivity contribution in [3.8, 4) is 0 Å². The van der Waals surface area contributed by atoms with E-state index in [0.29, 0.717) is 6.42 Å². The first-order chi connectivity index (χ1) is 9.54. The molecule has 1 aromatic rings. The molecule has 0 saturated heterocycles. The van der Waals surface area contributed by atoms with E-state index in [9.17, 15) is 9.59 Å². The molecule has 1 amide bonds. The third-order valence-corrected chi connectivity index (χ3v) is 4.11. The maximum atomic E-state index is 11.8. The van der Waals surface area contributed by atoms with Crippen molar-refractivity contribution in [1.29, 1.82) is 0 Å². The van der Waals surface area contributed by atoms with Crippen LogP contribution in [0.4, 0.5) is 0 Å². The van der Waals surface area contributed by atoms with Crippen molar-refractivity contribution in [2.75, 3.05) is 5.75 Å². The number of aryl methyl sites for hydroxylation is 1. The molecule has 5 heteroatoms. The molecule has 0 unspecified atom stereocenters. The summed E-state index contributed by atoms with van der Waals surface area (Å²) in [7, 11) is 0. The lowest BCUT2D eigenvalue weighted by atomic mass is 10.1. The number of carboxylic acids is 1. The van der Waals surface area contributed by atoms with E-state index in [1.54, 1.807) is 0 Å². The maximum Gasteiger partial charge on any atom is 0.326 e. The van der Waals surface area contributed by atoms with E-state index in [2.05, 4.69) is 5.32 Å². The Morgan fingerprint density at radius 1 is 1.35 bits per heavy atom. The zero-order valence-corrected chi connectivity index (χ0v) is 12.7. The molecule has 0 aliphatic carbocycles. The Labute approximate surface area is 124 Å². The van der Waals surface area contributed by atoms with Gasteiger partial charge in [0.2, 0.25) is 5.91 Å². The Balaban J connectivity index is 2.46. The Kier molecular flexibility index (Phi) is 7.15. The zero-order valence-electron chi connectivity index (χ0n) is 11.9. The zero-order chi connectivity index (χ0) is 15.0. The maximum absolute atomic E-state index is 11.8. The Morgan fingerprint density at radius 2 is 2.05 bits per heavy atom. The molecule has 2 N–H and O–H groups in total. The first-order valence-corrected chi connectivity index (χ1v) is 7.73. The molecule has 0 aromatic heterocycles. The minimum Gasteiger partial charge on any atom is -0.480 e. The molecule has 0 radical (unpaired) electrons. The molecule has 4 nitrogen and oxygen atoms in total. The summed E-state index contributed by atoms with van der Waals surface area (Å²) in [5.74, 6) is -0.963. The number of thioether (sulfide) groups is 1. The molecule has 0 aliphatic rings. The SMILES string of the molecule is CCCC[C@H](NC(=O)CSc1ccccc1C)C(=O)O. The van der Waals surface area contributed by atoms with Crippen LogP contribution in [0.3, 0.4) is 0 Å². The molecule has 1 atom stereocenters. The third-order valence-electron chi connectivity index (χ3n) is 2.93. The highest BCUT2D eigenvalue weighted by atomic mass is 32.2. The number of carboxylic acid groups (broad SMARTS) is 1. The van der Waals surface area contributed by atoms with Crippen LogP contribution in [0.25, 0.3) is 0 Å². The molecule has 110 valence electrons. The van der Waals surface area contributed by atoms with E-state index < -0.39 is 12.0 Å². The van der Waals surface area contributed by atoms with Gasteiger partial charge >= 0.3 is 5.97 Å². The number of carbonyl (C=O) groups excluding carboxylic acids is 1. The first-order valence-electron chi connectivity index (χ1n) is 6.75. The second-order valence-electron chi connectivity index (χ2n) is 4.65. The quantitative estimate of drug-likeness (QED) is 0.724. The number of rotatable bonds is 8. The van der Waals surface area contributed by atoms with E-state index in [0.717, 1.165) is 23.3 Å². The largest absolute Gasteiger partial charge is 0.480 e. The monoisotopic (exact) mass is 295 g/mol. The van der Waals surface area contributed by atoms with Crippen molar-refractivity contribution in [3.63, 3.8) is 0 Å². The Hall–Kier alpha value is -1.49. The van der Waals surface area contributed by atoms with E-state index >= 15 is 0 Å². The third kappa shape index (κ3) is 5.65. The van der Waals surface area contributed by atoms with Gasteiger partial charge in [0, 0.05) is 4.90 Å². The fraction of sp³-hybridized carbons (Fsp3) is 0.467. The number of hydrogen-bond donors (Lipinski definition) is 2. The smallest absolute Gasteiger partial charge is 0.326 e. The van der Waals surface area contributed by atoms with Crippen molar-refractivity contribution in [2.24, 2.45) is 0 Å². The van der Waals surface area contributed by atoms with E-state index in [-0.39, 0.29) is 11.7 Å². The van der Waals surface area contributed by atoms with Crippen molar-refractivity contribution < 1.29 is 14.7 Å². The van der Waals surface area contributed by atoms with Crippen LogP contribution in [0.1, 0.15) is 31.7 Å². The number of aliphatic carboxylic acids is 1. The normalized spacial score (nSPS) is 11.9. The van der Waals surface area contributed by atoms with Crippen LogP contribution in [0.5, 0.6) is 0 Å². The summed E-state index contributed by atoms with van der Waals surface area (Å²) < 4.78 is 0. The Morgan fingerprint density at radius 3 is 2.65 bits per heavy atom. The molecule has 1 aromatic carbocycles. The molecule has 0 saturated carbocycles. The predicted molar refractivity (Wildman–Crippen MR) is 81.0 cm³/mol. The van der Waals surface area contributed by atoms with Crippen LogP contribution < -0.4 is 5.32 Å². The molecule has 0 aliphatic heterocycles. The van der Waals surface area contributed by atoms with E-state index in [1.165, 1.54) is 11.8 Å². The van der Waals surface area contributed by atoms with E-state index in [1.807, 2.05) is 38.1 Å². The molecule has 0 fully saturated rings. The lowest BCUT2D eigenvalue weighted by molar-refractivity contribution is -0.141. The van der Waals surface area contributed by atoms with Gasteiger partial charge in [-0.1, -0.05) is 38.0 Å². The molecule has 0 bridgehead atoms. The second-order valence-corrected chi connectivity index (χ2v) is 5.67. The van der Waals surface area contributed by atoms with Gasteiger partial charge in [-0.15, -0.1) is 11.8 Å². The number of hydrogen-bond acceptors (Lipinski definition) is 3. The van der Waals surface area contributed by atoms with Crippen LogP contribution >= 0.6 is 11.8 Å². The van der Waals surface area contributed by atoms with Crippen molar-refractivity contribution in [1.82, 2.24) is 5.32 Å². The second kappa shape index (κ2) is 8.64. The van der Waals surface area contributed by atoms with Crippen molar-refractivity contribution in [3.05, 3.63) is 29.8 Å². The minimum absolute atomic E-state index is 0.234. The standard InChI is InChI=1S/C15H21NO3S/c1-3-4-8-12(15(18)19)16-14(17)10-20-13-9-6-5-7-11(13)2/h5-7,9,12H,3-4,8,10H2,1-2H3,(H,16,17)(H,18,19)/t12-/m0/s1. The van der Waals surface area contributed by atoms with Gasteiger partial charge in [0.1, 0.15) is 6.04 Å². The predicted octanol–water partition coefficient (Wildman–Crippen LogP) is 2.85. The average Bonchev–Trinajstić information content (AvgIpc) is 2.42. The molecular weight excluding hydrogens is 274 g/mol.